The van der Waals surface area contributed by atoms with Crippen LogP contribution in [0.5, 0.6) is 0 Å². The third-order valence-corrected chi connectivity index (χ3v) is 4.62. The maximum absolute atomic E-state index is 13.4. The lowest BCUT2D eigenvalue weighted by Crippen LogP contribution is -2.25. The second kappa shape index (κ2) is 7.58. The van der Waals surface area contributed by atoms with Crippen molar-refractivity contribution in [1.29, 1.82) is 0 Å². The number of alkyl halides is 3. The molecule has 0 atom stereocenters. The van der Waals surface area contributed by atoms with Gasteiger partial charge in [-0.25, -0.2) is 0 Å². The van der Waals surface area contributed by atoms with E-state index < -0.39 is 17.6 Å². The normalized spacial score (nSPS) is 14.2. The van der Waals surface area contributed by atoms with Crippen molar-refractivity contribution in [3.8, 4) is 11.4 Å². The largest absolute Gasteiger partial charge is 0.416 e. The van der Waals surface area contributed by atoms with Gasteiger partial charge in [-0.2, -0.15) is 18.4 Å². The van der Waals surface area contributed by atoms with Crippen molar-refractivity contribution in [2.24, 2.45) is 0 Å². The van der Waals surface area contributed by atoms with Gasteiger partial charge in [0, 0.05) is 35.5 Å². The van der Waals surface area contributed by atoms with Crippen molar-refractivity contribution in [2.75, 3.05) is 16.8 Å². The number of carbonyl (C=O) groups excluding carboxylic acids is 2. The highest BCUT2D eigenvalue weighted by Crippen LogP contribution is 2.34. The first-order valence-electron chi connectivity index (χ1n) is 8.99. The molecule has 30 heavy (non-hydrogen) atoms. The summed E-state index contributed by atoms with van der Waals surface area (Å²) in [6, 6.07) is 9.43. The number of nitrogens with one attached hydrogen (secondary N) is 2. The number of carbonyl (C=O) groups is 2. The van der Waals surface area contributed by atoms with E-state index in [1.807, 2.05) is 0 Å². The summed E-state index contributed by atoms with van der Waals surface area (Å²) in [5.41, 5.74) is -0.236. The molecule has 154 valence electrons. The number of benzene rings is 2. The smallest absolute Gasteiger partial charge is 0.322 e. The van der Waals surface area contributed by atoms with Crippen molar-refractivity contribution in [2.45, 2.75) is 19.0 Å². The summed E-state index contributed by atoms with van der Waals surface area (Å²) < 4.78 is 40.1. The number of aromatic amines is 1. The molecule has 3 aromatic rings. The van der Waals surface area contributed by atoms with Gasteiger partial charge in [0.1, 0.15) is 0 Å². The molecule has 4 rings (SSSR count). The van der Waals surface area contributed by atoms with Crippen LogP contribution >= 0.6 is 0 Å². The Bertz CT molecular complexity index is 1100. The molecule has 2 aromatic carbocycles. The van der Waals surface area contributed by atoms with Crippen LogP contribution in [-0.2, 0) is 11.0 Å². The van der Waals surface area contributed by atoms with Crippen LogP contribution in [0.1, 0.15) is 28.8 Å². The number of aromatic nitrogens is 4. The molecule has 2 N–H and O–H groups in total. The number of tetrazole rings is 1. The summed E-state index contributed by atoms with van der Waals surface area (Å²) in [5.74, 6) is -0.701. The number of amides is 2. The molecule has 1 aliphatic heterocycles. The van der Waals surface area contributed by atoms with Crippen molar-refractivity contribution >= 4 is 23.2 Å². The van der Waals surface area contributed by atoms with Gasteiger partial charge in [0.2, 0.25) is 11.7 Å². The summed E-state index contributed by atoms with van der Waals surface area (Å²) >= 11 is 0. The predicted octanol–water partition coefficient (Wildman–Crippen LogP) is 3.26. The fourth-order valence-corrected chi connectivity index (χ4v) is 3.21. The zero-order chi connectivity index (χ0) is 21.3. The first-order valence-corrected chi connectivity index (χ1v) is 8.99. The van der Waals surface area contributed by atoms with Gasteiger partial charge >= 0.3 is 6.18 Å². The molecule has 2 heterocycles. The summed E-state index contributed by atoms with van der Waals surface area (Å²) in [5, 5.41) is 16.0. The van der Waals surface area contributed by atoms with E-state index in [0.717, 1.165) is 12.1 Å². The van der Waals surface area contributed by atoms with Crippen LogP contribution in [0.25, 0.3) is 11.4 Å². The Kier molecular flexibility index (Phi) is 4.94. The second-order valence-corrected chi connectivity index (χ2v) is 6.69. The lowest BCUT2D eigenvalue weighted by Gasteiger charge is -2.19. The average Bonchev–Trinajstić information content (AvgIpc) is 3.39. The molecule has 0 saturated carbocycles. The highest BCUT2D eigenvalue weighted by atomic mass is 19.4. The highest BCUT2D eigenvalue weighted by molar-refractivity contribution is 6.06. The number of H-pyrrole nitrogens is 1. The molecular formula is C19H15F3N6O2. The van der Waals surface area contributed by atoms with E-state index in [9.17, 15) is 22.8 Å². The van der Waals surface area contributed by atoms with Crippen LogP contribution in [0, 0.1) is 0 Å². The Morgan fingerprint density at radius 1 is 1.17 bits per heavy atom. The molecule has 1 aliphatic rings. The molecule has 11 heteroatoms. The first-order chi connectivity index (χ1) is 14.3. The van der Waals surface area contributed by atoms with Crippen molar-refractivity contribution < 1.29 is 22.8 Å². The lowest BCUT2D eigenvalue weighted by molar-refractivity contribution is -0.137. The van der Waals surface area contributed by atoms with Gasteiger partial charge in [-0.3, -0.25) is 9.59 Å². The maximum Gasteiger partial charge on any atom is 0.416 e. The number of hydrogen-bond acceptors (Lipinski definition) is 5. The van der Waals surface area contributed by atoms with Gasteiger partial charge in [-0.05, 0) is 42.0 Å². The molecule has 0 spiro atoms. The third-order valence-electron chi connectivity index (χ3n) is 4.62. The molecule has 0 unspecified atom stereocenters. The van der Waals surface area contributed by atoms with Crippen LogP contribution in [-0.4, -0.2) is 39.0 Å². The monoisotopic (exact) mass is 416 g/mol. The van der Waals surface area contributed by atoms with Crippen molar-refractivity contribution in [3.05, 3.63) is 53.6 Å². The Morgan fingerprint density at radius 3 is 2.67 bits per heavy atom. The molecule has 2 amide bonds. The second-order valence-electron chi connectivity index (χ2n) is 6.69. The summed E-state index contributed by atoms with van der Waals surface area (Å²) in [4.78, 5) is 26.0. The zero-order valence-electron chi connectivity index (χ0n) is 15.4. The van der Waals surface area contributed by atoms with E-state index in [1.165, 1.54) is 11.0 Å². The van der Waals surface area contributed by atoms with Crippen LogP contribution < -0.4 is 10.2 Å². The first kappa shape index (κ1) is 19.6. The Hall–Kier alpha value is -3.76. The fraction of sp³-hybridized carbons (Fsp3) is 0.211. The third kappa shape index (κ3) is 4.00. The van der Waals surface area contributed by atoms with Crippen LogP contribution in [0.2, 0.25) is 0 Å². The predicted molar refractivity (Wildman–Crippen MR) is 101 cm³/mol. The minimum absolute atomic E-state index is 0.0537. The van der Waals surface area contributed by atoms with Gasteiger partial charge in [0.15, 0.2) is 0 Å². The number of nitrogens with zero attached hydrogens (tertiary/aromatic N) is 4. The Morgan fingerprint density at radius 2 is 2.00 bits per heavy atom. The van der Waals surface area contributed by atoms with E-state index in [4.69, 9.17) is 0 Å². The summed E-state index contributed by atoms with van der Waals surface area (Å²) in [6.45, 7) is 0.313. The van der Waals surface area contributed by atoms with E-state index in [0.29, 0.717) is 30.0 Å². The Balaban J connectivity index is 1.65. The topological polar surface area (TPSA) is 104 Å². The lowest BCUT2D eigenvalue weighted by atomic mass is 10.1. The molecular weight excluding hydrogens is 401 g/mol. The standard InChI is InChI=1S/C19H15F3N6O2/c20-19(21,22)13-7-12(9-15(10-13)28-6-2-5-16(28)29)18(30)23-14-4-1-3-11(8-14)17-24-26-27-25-17/h1,3-4,7-10H,2,5-6H2,(H,23,30)(H,24,25,26,27). The summed E-state index contributed by atoms with van der Waals surface area (Å²) in [6.07, 6.45) is -3.84. The highest BCUT2D eigenvalue weighted by Gasteiger charge is 2.33. The maximum atomic E-state index is 13.4. The van der Waals surface area contributed by atoms with Crippen molar-refractivity contribution in [1.82, 2.24) is 20.6 Å². The molecule has 1 saturated heterocycles. The number of hydrogen-bond donors (Lipinski definition) is 2. The minimum Gasteiger partial charge on any atom is -0.322 e. The van der Waals surface area contributed by atoms with Gasteiger partial charge in [0.05, 0.1) is 5.56 Å². The quantitative estimate of drug-likeness (QED) is 0.680. The van der Waals surface area contributed by atoms with E-state index in [1.54, 1.807) is 24.3 Å². The molecule has 8 nitrogen and oxygen atoms in total. The SMILES string of the molecule is O=C(Nc1cccc(-c2nn[nH]n2)c1)c1cc(N2CCCC2=O)cc(C(F)(F)F)c1. The Labute approximate surface area is 168 Å². The van der Waals surface area contributed by atoms with E-state index in [2.05, 4.69) is 25.9 Å². The van der Waals surface area contributed by atoms with Crippen LogP contribution in [0.4, 0.5) is 24.5 Å². The molecule has 0 radical (unpaired) electrons. The molecule has 1 fully saturated rings. The van der Waals surface area contributed by atoms with Crippen LogP contribution in [0.15, 0.2) is 42.5 Å². The van der Waals surface area contributed by atoms with Crippen molar-refractivity contribution in [3.63, 3.8) is 0 Å². The van der Waals surface area contributed by atoms with Gasteiger partial charge in [-0.1, -0.05) is 12.1 Å². The summed E-state index contributed by atoms with van der Waals surface area (Å²) in [7, 11) is 0. The number of halogens is 3. The average molecular weight is 416 g/mol. The number of anilines is 2. The minimum atomic E-state index is -4.66. The van der Waals surface area contributed by atoms with Crippen LogP contribution in [0.3, 0.4) is 0 Å². The van der Waals surface area contributed by atoms with E-state index in [-0.39, 0.29) is 23.6 Å². The molecule has 0 bridgehead atoms. The van der Waals surface area contributed by atoms with Gasteiger partial charge < -0.3 is 10.2 Å². The molecule has 1 aromatic heterocycles. The van der Waals surface area contributed by atoms with Gasteiger partial charge in [0.25, 0.3) is 5.91 Å². The van der Waals surface area contributed by atoms with E-state index >= 15 is 0 Å². The molecule has 0 aliphatic carbocycles. The number of rotatable bonds is 4. The fourth-order valence-electron chi connectivity index (χ4n) is 3.21. The van der Waals surface area contributed by atoms with Gasteiger partial charge in [-0.15, -0.1) is 10.2 Å². The zero-order valence-corrected chi connectivity index (χ0v) is 15.4.